The van der Waals surface area contributed by atoms with Gasteiger partial charge in [0.05, 0.1) is 16.3 Å². The summed E-state index contributed by atoms with van der Waals surface area (Å²) in [5, 5.41) is 3.54. The zero-order valence-corrected chi connectivity index (χ0v) is 16.4. The van der Waals surface area contributed by atoms with E-state index in [0.29, 0.717) is 18.2 Å². The van der Waals surface area contributed by atoms with Crippen LogP contribution >= 0.6 is 23.4 Å². The van der Waals surface area contributed by atoms with Gasteiger partial charge in [0.25, 0.3) is 0 Å². The first-order chi connectivity index (χ1) is 12.6. The minimum atomic E-state index is -0.249. The van der Waals surface area contributed by atoms with Crippen LogP contribution in [-0.4, -0.2) is 24.4 Å². The predicted octanol–water partition coefficient (Wildman–Crippen LogP) is 4.86. The van der Waals surface area contributed by atoms with Crippen molar-refractivity contribution in [3.05, 3.63) is 53.1 Å². The number of hydrogen-bond acceptors (Lipinski definition) is 4. The molecule has 1 aliphatic rings. The van der Waals surface area contributed by atoms with Gasteiger partial charge in [0.15, 0.2) is 11.5 Å². The van der Waals surface area contributed by atoms with Crippen LogP contribution in [0.15, 0.2) is 47.4 Å². The second kappa shape index (κ2) is 8.69. The molecular formula is C20H22ClNO3S. The van der Waals surface area contributed by atoms with Crippen molar-refractivity contribution in [2.75, 3.05) is 13.2 Å². The number of carbonyl (C=O) groups excluding carboxylic acids is 1. The topological polar surface area (TPSA) is 47.6 Å². The van der Waals surface area contributed by atoms with Gasteiger partial charge in [0.1, 0.15) is 13.2 Å². The molecule has 0 radical (unpaired) electrons. The van der Waals surface area contributed by atoms with E-state index in [1.165, 1.54) is 11.8 Å². The number of thioether (sulfide) groups is 1. The molecule has 1 amide bonds. The summed E-state index contributed by atoms with van der Waals surface area (Å²) >= 11 is 7.65. The van der Waals surface area contributed by atoms with Crippen molar-refractivity contribution in [2.45, 2.75) is 36.5 Å². The van der Waals surface area contributed by atoms with Gasteiger partial charge in [-0.05, 0) is 43.2 Å². The largest absolute Gasteiger partial charge is 0.486 e. The van der Waals surface area contributed by atoms with Crippen molar-refractivity contribution in [2.24, 2.45) is 0 Å². The van der Waals surface area contributed by atoms with Crippen molar-refractivity contribution in [3.8, 4) is 11.5 Å². The molecule has 2 aromatic rings. The molecule has 4 nitrogen and oxygen atoms in total. The van der Waals surface area contributed by atoms with Gasteiger partial charge in [-0.3, -0.25) is 4.79 Å². The smallest absolute Gasteiger partial charge is 0.233 e. The number of hydrogen-bond donors (Lipinski definition) is 1. The number of halogens is 1. The van der Waals surface area contributed by atoms with Gasteiger partial charge < -0.3 is 14.8 Å². The average molecular weight is 392 g/mol. The number of rotatable bonds is 6. The number of benzene rings is 2. The summed E-state index contributed by atoms with van der Waals surface area (Å²) in [6, 6.07) is 13.3. The van der Waals surface area contributed by atoms with Crippen LogP contribution in [0.2, 0.25) is 5.02 Å². The highest BCUT2D eigenvalue weighted by atomic mass is 35.5. The third kappa shape index (κ3) is 4.46. The van der Waals surface area contributed by atoms with E-state index in [9.17, 15) is 4.79 Å². The molecule has 0 aliphatic carbocycles. The van der Waals surface area contributed by atoms with E-state index in [4.69, 9.17) is 21.1 Å². The van der Waals surface area contributed by atoms with Gasteiger partial charge in [-0.2, -0.15) is 0 Å². The fraction of sp³-hybridized carbons (Fsp3) is 0.350. The first-order valence-corrected chi connectivity index (χ1v) is 9.95. The van der Waals surface area contributed by atoms with Crippen LogP contribution in [0, 0.1) is 0 Å². The van der Waals surface area contributed by atoms with Crippen LogP contribution in [0.4, 0.5) is 0 Å². The van der Waals surface area contributed by atoms with Crippen molar-refractivity contribution in [3.63, 3.8) is 0 Å². The Bertz CT molecular complexity index is 783. The molecule has 3 rings (SSSR count). The standard InChI is InChI=1S/C20H22ClNO3S/c1-3-16(14-8-9-17-18(12-14)25-11-10-24-17)22-20(23)13(2)26-19-7-5-4-6-15(19)21/h4-9,12-13,16H,3,10-11H2,1-2H3,(H,22,23). The molecule has 0 aromatic heterocycles. The van der Waals surface area contributed by atoms with E-state index < -0.39 is 0 Å². The second-order valence-electron chi connectivity index (χ2n) is 6.06. The maximum Gasteiger partial charge on any atom is 0.233 e. The minimum Gasteiger partial charge on any atom is -0.486 e. The Morgan fingerprint density at radius 2 is 1.92 bits per heavy atom. The maximum atomic E-state index is 12.7. The van der Waals surface area contributed by atoms with Crippen LogP contribution in [0.1, 0.15) is 31.9 Å². The molecule has 0 fully saturated rings. The summed E-state index contributed by atoms with van der Waals surface area (Å²) in [5.41, 5.74) is 1.01. The number of ether oxygens (including phenoxy) is 2. The number of amides is 1. The van der Waals surface area contributed by atoms with E-state index in [2.05, 4.69) is 5.32 Å². The van der Waals surface area contributed by atoms with Gasteiger partial charge in [0.2, 0.25) is 5.91 Å². The van der Waals surface area contributed by atoms with Crippen LogP contribution < -0.4 is 14.8 Å². The van der Waals surface area contributed by atoms with Crippen LogP contribution in [0.5, 0.6) is 11.5 Å². The van der Waals surface area contributed by atoms with Gasteiger partial charge in [0, 0.05) is 4.90 Å². The molecule has 1 aliphatic heterocycles. The van der Waals surface area contributed by atoms with Gasteiger partial charge >= 0.3 is 0 Å². The lowest BCUT2D eigenvalue weighted by molar-refractivity contribution is -0.121. The lowest BCUT2D eigenvalue weighted by Crippen LogP contribution is -2.34. The average Bonchev–Trinajstić information content (AvgIpc) is 2.67. The van der Waals surface area contributed by atoms with Gasteiger partial charge in [-0.1, -0.05) is 36.7 Å². The van der Waals surface area contributed by atoms with E-state index in [1.54, 1.807) is 0 Å². The Morgan fingerprint density at radius 1 is 1.19 bits per heavy atom. The summed E-state index contributed by atoms with van der Waals surface area (Å²) in [4.78, 5) is 13.6. The van der Waals surface area contributed by atoms with E-state index in [1.807, 2.05) is 56.3 Å². The zero-order valence-electron chi connectivity index (χ0n) is 14.8. The predicted molar refractivity (Wildman–Crippen MR) is 105 cm³/mol. The molecule has 26 heavy (non-hydrogen) atoms. The third-order valence-corrected chi connectivity index (χ3v) is 5.82. The van der Waals surface area contributed by atoms with E-state index in [-0.39, 0.29) is 17.2 Å². The van der Waals surface area contributed by atoms with Crippen molar-refractivity contribution in [1.82, 2.24) is 5.32 Å². The Kier molecular flexibility index (Phi) is 6.33. The van der Waals surface area contributed by atoms with E-state index in [0.717, 1.165) is 28.4 Å². The van der Waals surface area contributed by atoms with Crippen molar-refractivity contribution in [1.29, 1.82) is 0 Å². The second-order valence-corrected chi connectivity index (χ2v) is 7.85. The molecule has 2 atom stereocenters. The van der Waals surface area contributed by atoms with Crippen molar-refractivity contribution < 1.29 is 14.3 Å². The molecule has 0 bridgehead atoms. The quantitative estimate of drug-likeness (QED) is 0.714. The maximum absolute atomic E-state index is 12.7. The fourth-order valence-corrected chi connectivity index (χ4v) is 3.93. The molecule has 2 unspecified atom stereocenters. The highest BCUT2D eigenvalue weighted by Crippen LogP contribution is 2.34. The molecule has 0 saturated heterocycles. The molecule has 1 heterocycles. The summed E-state index contributed by atoms with van der Waals surface area (Å²) in [6.07, 6.45) is 0.787. The van der Waals surface area contributed by atoms with Crippen LogP contribution in [-0.2, 0) is 4.79 Å². The van der Waals surface area contributed by atoms with Crippen molar-refractivity contribution >= 4 is 29.3 Å². The Balaban J connectivity index is 1.67. The molecule has 1 N–H and O–H groups in total. The fourth-order valence-electron chi connectivity index (χ4n) is 2.77. The summed E-state index contributed by atoms with van der Waals surface area (Å²) < 4.78 is 11.2. The Labute approximate surface area is 163 Å². The molecule has 0 saturated carbocycles. The van der Waals surface area contributed by atoms with Crippen LogP contribution in [0.25, 0.3) is 0 Å². The summed E-state index contributed by atoms with van der Waals surface area (Å²) in [6.45, 7) is 5.05. The van der Waals surface area contributed by atoms with Gasteiger partial charge in [-0.15, -0.1) is 11.8 Å². The molecule has 2 aromatic carbocycles. The Hall–Kier alpha value is -1.85. The first kappa shape index (κ1) is 18.9. The van der Waals surface area contributed by atoms with E-state index >= 15 is 0 Å². The van der Waals surface area contributed by atoms with Gasteiger partial charge in [-0.25, -0.2) is 0 Å². The molecule has 138 valence electrons. The molecular weight excluding hydrogens is 370 g/mol. The molecule has 6 heteroatoms. The number of fused-ring (bicyclic) bond motifs is 1. The first-order valence-electron chi connectivity index (χ1n) is 8.69. The Morgan fingerprint density at radius 3 is 2.65 bits per heavy atom. The normalized spacial score (nSPS) is 15.2. The van der Waals surface area contributed by atoms with Crippen LogP contribution in [0.3, 0.4) is 0 Å². The number of nitrogens with one attached hydrogen (secondary N) is 1. The lowest BCUT2D eigenvalue weighted by atomic mass is 10.0. The highest BCUT2D eigenvalue weighted by molar-refractivity contribution is 8.00. The summed E-state index contributed by atoms with van der Waals surface area (Å²) in [5.74, 6) is 1.47. The summed E-state index contributed by atoms with van der Waals surface area (Å²) in [7, 11) is 0. The third-order valence-electron chi connectivity index (χ3n) is 4.20. The monoisotopic (exact) mass is 391 g/mol. The highest BCUT2D eigenvalue weighted by Gasteiger charge is 2.21. The molecule has 0 spiro atoms. The zero-order chi connectivity index (χ0) is 18.5. The lowest BCUT2D eigenvalue weighted by Gasteiger charge is -2.23. The minimum absolute atomic E-state index is 0.0170. The number of carbonyl (C=O) groups is 1. The SMILES string of the molecule is CCC(NC(=O)C(C)Sc1ccccc1Cl)c1ccc2c(c1)OCCO2.